The zero-order valence-corrected chi connectivity index (χ0v) is 11.5. The topological polar surface area (TPSA) is 99.8 Å². The number of hydrogen-bond acceptors (Lipinski definition) is 4. The van der Waals surface area contributed by atoms with Crippen molar-refractivity contribution in [1.29, 1.82) is 5.16 Å². The molecule has 0 saturated carbocycles. The second kappa shape index (κ2) is 5.63. The van der Waals surface area contributed by atoms with E-state index < -0.39 is 49.4 Å². The maximum atomic E-state index is 13.1. The molecule has 0 saturated heterocycles. The first-order valence-electron chi connectivity index (χ1n) is 4.20. The molecule has 1 aromatic carbocycles. The molecule has 0 aliphatic rings. The summed E-state index contributed by atoms with van der Waals surface area (Å²) in [5, 5.41) is 6.68. The molecular formula is C6H4F5NO5P2S. The highest BCUT2D eigenvalue weighted by Crippen LogP contribution is 2.62. The predicted molar refractivity (Wildman–Crippen MR) is 58.6 cm³/mol. The minimum Gasteiger partial charge on any atom is -0.397 e. The average molecular weight is 359 g/mol. The van der Waals surface area contributed by atoms with Crippen molar-refractivity contribution in [2.45, 2.75) is 0 Å². The Kier molecular flexibility index (Phi) is 4.90. The van der Waals surface area contributed by atoms with Crippen LogP contribution < -0.4 is 4.52 Å². The van der Waals surface area contributed by atoms with Crippen LogP contribution in [-0.2, 0) is 8.88 Å². The van der Waals surface area contributed by atoms with E-state index in [0.717, 1.165) is 0 Å². The summed E-state index contributed by atoms with van der Waals surface area (Å²) in [6.45, 7) is -4.44. The lowest BCUT2D eigenvalue weighted by atomic mass is 10.3. The Labute approximate surface area is 112 Å². The Morgan fingerprint density at radius 3 is 1.65 bits per heavy atom. The van der Waals surface area contributed by atoms with Crippen molar-refractivity contribution in [1.82, 2.24) is 0 Å². The van der Waals surface area contributed by atoms with Gasteiger partial charge in [0.05, 0.1) is 0 Å². The van der Waals surface area contributed by atoms with Crippen LogP contribution in [0.25, 0.3) is 0 Å². The summed E-state index contributed by atoms with van der Waals surface area (Å²) < 4.78 is 82.9. The summed E-state index contributed by atoms with van der Waals surface area (Å²) in [6.07, 6.45) is 0. The van der Waals surface area contributed by atoms with Crippen LogP contribution in [0.15, 0.2) is 0 Å². The largest absolute Gasteiger partial charge is 0.534 e. The summed E-state index contributed by atoms with van der Waals surface area (Å²) >= 11 is 3.03. The van der Waals surface area contributed by atoms with Crippen LogP contribution in [0.5, 0.6) is 5.75 Å². The lowest BCUT2D eigenvalue weighted by Crippen LogP contribution is -2.06. The summed E-state index contributed by atoms with van der Waals surface area (Å²) in [4.78, 5) is 17.7. The van der Waals surface area contributed by atoms with E-state index in [1.165, 1.54) is 0 Å². The van der Waals surface area contributed by atoms with Gasteiger partial charge in [0, 0.05) is 0 Å². The highest BCUT2D eigenvalue weighted by molar-refractivity contribution is 8.45. The van der Waals surface area contributed by atoms with Crippen molar-refractivity contribution in [2.24, 2.45) is 0 Å². The zero-order chi connectivity index (χ0) is 15.9. The van der Waals surface area contributed by atoms with Crippen LogP contribution in [0.4, 0.5) is 22.0 Å². The molecule has 0 aromatic heterocycles. The summed E-state index contributed by atoms with van der Waals surface area (Å²) in [5.74, 6) is -14.5. The first kappa shape index (κ1) is 17.4. The molecule has 1 aromatic rings. The maximum Gasteiger partial charge on any atom is 0.534 e. The lowest BCUT2D eigenvalue weighted by molar-refractivity contribution is 0.269. The third kappa shape index (κ3) is 3.94. The van der Waals surface area contributed by atoms with Gasteiger partial charge in [-0.15, -0.1) is 0 Å². The molecule has 0 heterocycles. The van der Waals surface area contributed by atoms with E-state index in [0.29, 0.717) is 0 Å². The molecule has 3 N–H and O–H groups in total. The number of hydrogen-bond donors (Lipinski definition) is 4. The quantitative estimate of drug-likeness (QED) is 0.217. The predicted octanol–water partition coefficient (Wildman–Crippen LogP) is 3.32. The van der Waals surface area contributed by atoms with Crippen LogP contribution in [0.2, 0.25) is 0 Å². The number of phosphoric acid groups is 1. The molecule has 0 amide bonds. The van der Waals surface area contributed by atoms with Crippen LogP contribution in [0.1, 0.15) is 0 Å². The van der Waals surface area contributed by atoms with Crippen LogP contribution in [-0.4, -0.2) is 9.79 Å². The number of thiol groups is 1. The van der Waals surface area contributed by atoms with Crippen molar-refractivity contribution in [3.8, 4) is 5.75 Å². The van der Waals surface area contributed by atoms with Crippen molar-refractivity contribution >= 4 is 26.8 Å². The first-order chi connectivity index (χ1) is 8.86. The van der Waals surface area contributed by atoms with Gasteiger partial charge in [-0.25, -0.2) is 22.0 Å². The fourth-order valence-corrected chi connectivity index (χ4v) is 3.45. The average Bonchev–Trinajstić information content (AvgIpc) is 2.26. The van der Waals surface area contributed by atoms with Crippen LogP contribution in [0.3, 0.4) is 0 Å². The van der Waals surface area contributed by atoms with Gasteiger partial charge in [-0.3, -0.25) is 10.1 Å². The molecule has 0 bridgehead atoms. The van der Waals surface area contributed by atoms with E-state index in [2.05, 4.69) is 21.1 Å². The van der Waals surface area contributed by atoms with E-state index in [1.807, 2.05) is 0 Å². The Hall–Kier alpha value is -0.640. The lowest BCUT2D eigenvalue weighted by Gasteiger charge is -2.16. The van der Waals surface area contributed by atoms with Gasteiger partial charge in [0.15, 0.2) is 0 Å². The molecule has 0 radical (unpaired) electrons. The standard InChI is InChI=1S/C6H4F5NO5P2S/c7-1-2(8)4(10)6(5(11)3(1)9)16-19(14,15)17-18(12,13)20/h(H,14,15)(H3,12,13,20). The number of benzene rings is 1. The number of phosphoric ester groups is 1. The molecule has 0 aliphatic heterocycles. The summed E-state index contributed by atoms with van der Waals surface area (Å²) in [6, 6.07) is 0. The minimum atomic E-state index is -5.54. The summed E-state index contributed by atoms with van der Waals surface area (Å²) in [7, 11) is -5.54. The van der Waals surface area contributed by atoms with Gasteiger partial charge in [-0.05, 0) is 0 Å². The Bertz CT molecular complexity index is 622. The van der Waals surface area contributed by atoms with Gasteiger partial charge >= 0.3 is 7.82 Å². The number of halogens is 5. The van der Waals surface area contributed by atoms with Gasteiger partial charge < -0.3 is 9.42 Å². The fourth-order valence-electron chi connectivity index (χ4n) is 0.941. The minimum absolute atomic E-state index is 2.09. The molecule has 20 heavy (non-hydrogen) atoms. The van der Waals surface area contributed by atoms with E-state index in [4.69, 9.17) is 14.9 Å². The molecule has 2 unspecified atom stereocenters. The third-order valence-electron chi connectivity index (χ3n) is 1.59. The van der Waals surface area contributed by atoms with E-state index in [-0.39, 0.29) is 0 Å². The van der Waals surface area contributed by atoms with E-state index in [1.54, 1.807) is 0 Å². The second-order valence-corrected chi connectivity index (χ2v) is 7.57. The van der Waals surface area contributed by atoms with E-state index in [9.17, 15) is 26.5 Å². The van der Waals surface area contributed by atoms with Gasteiger partial charge in [0.1, 0.15) is 0 Å². The summed E-state index contributed by atoms with van der Waals surface area (Å²) in [5.41, 5.74) is 0. The second-order valence-electron chi connectivity index (χ2n) is 3.08. The fraction of sp³-hybridized carbons (Fsp3) is 0. The van der Waals surface area contributed by atoms with Crippen molar-refractivity contribution < 1.29 is 45.1 Å². The zero-order valence-electron chi connectivity index (χ0n) is 8.85. The number of rotatable bonds is 4. The van der Waals surface area contributed by atoms with Gasteiger partial charge in [0.2, 0.25) is 34.8 Å². The van der Waals surface area contributed by atoms with Gasteiger partial charge in [0.25, 0.3) is 6.71 Å². The monoisotopic (exact) mass is 359 g/mol. The number of nitrogens with one attached hydrogen (secondary N) is 1. The molecule has 14 heteroatoms. The normalized spacial score (nSPS) is 17.4. The van der Waals surface area contributed by atoms with Crippen molar-refractivity contribution in [3.63, 3.8) is 0 Å². The highest BCUT2D eigenvalue weighted by atomic mass is 32.7. The molecular weight excluding hydrogens is 355 g/mol. The van der Waals surface area contributed by atoms with Gasteiger partial charge in [-0.1, -0.05) is 12.2 Å². The smallest absolute Gasteiger partial charge is 0.397 e. The third-order valence-corrected chi connectivity index (χ3v) is 4.40. The molecule has 0 spiro atoms. The SMILES string of the molecule is N=P(O)(S)OP(=O)(O)Oc1c(F)c(F)c(F)c(F)c1F. The van der Waals surface area contributed by atoms with Crippen LogP contribution >= 0.6 is 26.8 Å². The van der Waals surface area contributed by atoms with Crippen molar-refractivity contribution in [2.75, 3.05) is 0 Å². The Morgan fingerprint density at radius 1 is 0.950 bits per heavy atom. The maximum absolute atomic E-state index is 13.1. The Balaban J connectivity index is 3.30. The molecule has 2 atom stereocenters. The molecule has 6 nitrogen and oxygen atoms in total. The molecule has 114 valence electrons. The molecule has 0 fully saturated rings. The highest BCUT2D eigenvalue weighted by Gasteiger charge is 2.35. The van der Waals surface area contributed by atoms with Crippen LogP contribution in [0, 0.1) is 34.2 Å². The molecule has 0 aliphatic carbocycles. The van der Waals surface area contributed by atoms with Crippen molar-refractivity contribution in [3.05, 3.63) is 29.1 Å². The Morgan fingerprint density at radius 2 is 1.30 bits per heavy atom. The van der Waals surface area contributed by atoms with Gasteiger partial charge in [-0.2, -0.15) is 8.78 Å². The van der Waals surface area contributed by atoms with E-state index >= 15 is 0 Å². The first-order valence-corrected chi connectivity index (χ1v) is 8.51. The molecule has 1 rings (SSSR count).